The minimum atomic E-state index is 0.642. The molecular formula is C8H12N4. The van der Waals surface area contributed by atoms with Gasteiger partial charge in [-0.2, -0.15) is 0 Å². The third kappa shape index (κ3) is 2.25. The molecule has 0 saturated heterocycles. The number of aromatic nitrogens is 1. The standard InChI is InChI=1S/C8H12N4/c1-7(9)6-12(10)8-4-2-3-5-11-8/h2-6H,9-10H2,1H3/b7-6-. The number of hydrogen-bond donors (Lipinski definition) is 2. The van der Waals surface area contributed by atoms with Crippen LogP contribution >= 0.6 is 0 Å². The fourth-order valence-corrected chi connectivity index (χ4v) is 0.792. The maximum Gasteiger partial charge on any atom is 0.146 e. The lowest BCUT2D eigenvalue weighted by Crippen LogP contribution is -2.26. The summed E-state index contributed by atoms with van der Waals surface area (Å²) >= 11 is 0. The van der Waals surface area contributed by atoms with E-state index in [0.717, 1.165) is 0 Å². The molecule has 0 aromatic carbocycles. The van der Waals surface area contributed by atoms with Gasteiger partial charge in [-0.15, -0.1) is 0 Å². The third-order valence-electron chi connectivity index (χ3n) is 1.26. The van der Waals surface area contributed by atoms with E-state index < -0.39 is 0 Å². The van der Waals surface area contributed by atoms with Gasteiger partial charge in [0, 0.05) is 18.1 Å². The van der Waals surface area contributed by atoms with E-state index in [1.165, 1.54) is 5.01 Å². The first-order valence-corrected chi connectivity index (χ1v) is 3.59. The van der Waals surface area contributed by atoms with Crippen molar-refractivity contribution in [1.82, 2.24) is 4.98 Å². The molecule has 4 nitrogen and oxygen atoms in total. The first-order valence-electron chi connectivity index (χ1n) is 3.59. The summed E-state index contributed by atoms with van der Waals surface area (Å²) in [4.78, 5) is 4.03. The van der Waals surface area contributed by atoms with E-state index >= 15 is 0 Å². The van der Waals surface area contributed by atoms with Gasteiger partial charge in [-0.05, 0) is 19.1 Å². The molecule has 4 heteroatoms. The van der Waals surface area contributed by atoms with Crippen LogP contribution in [0.5, 0.6) is 0 Å². The lowest BCUT2D eigenvalue weighted by molar-refractivity contribution is 1.01. The summed E-state index contributed by atoms with van der Waals surface area (Å²) in [7, 11) is 0. The highest BCUT2D eigenvalue weighted by Gasteiger charge is 1.96. The molecule has 4 N–H and O–H groups in total. The van der Waals surface area contributed by atoms with Crippen LogP contribution in [-0.2, 0) is 0 Å². The van der Waals surface area contributed by atoms with Crippen LogP contribution in [0.4, 0.5) is 5.82 Å². The quantitative estimate of drug-likeness (QED) is 0.495. The molecular weight excluding hydrogens is 152 g/mol. The average molecular weight is 164 g/mol. The van der Waals surface area contributed by atoms with Gasteiger partial charge in [0.2, 0.25) is 0 Å². The van der Waals surface area contributed by atoms with Gasteiger partial charge in [-0.3, -0.25) is 5.01 Å². The molecule has 0 fully saturated rings. The van der Waals surface area contributed by atoms with E-state index in [1.54, 1.807) is 25.4 Å². The molecule has 12 heavy (non-hydrogen) atoms. The van der Waals surface area contributed by atoms with E-state index in [1.807, 2.05) is 12.1 Å². The molecule has 1 rings (SSSR count). The number of allylic oxidation sites excluding steroid dienone is 1. The fourth-order valence-electron chi connectivity index (χ4n) is 0.792. The number of nitrogens with two attached hydrogens (primary N) is 2. The van der Waals surface area contributed by atoms with E-state index in [0.29, 0.717) is 11.5 Å². The number of pyridine rings is 1. The molecule has 0 amide bonds. The van der Waals surface area contributed by atoms with Crippen molar-refractivity contribution in [1.29, 1.82) is 0 Å². The Bertz CT molecular complexity index is 264. The first-order chi connectivity index (χ1) is 5.70. The van der Waals surface area contributed by atoms with Crippen molar-refractivity contribution in [3.8, 4) is 0 Å². The molecule has 0 unspecified atom stereocenters. The molecule has 1 aromatic heterocycles. The predicted octanol–water partition coefficient (Wildman–Crippen LogP) is 0.582. The zero-order valence-electron chi connectivity index (χ0n) is 6.94. The van der Waals surface area contributed by atoms with Crippen LogP contribution in [0.3, 0.4) is 0 Å². The smallest absolute Gasteiger partial charge is 0.146 e. The molecule has 0 aliphatic heterocycles. The maximum atomic E-state index is 5.61. The fraction of sp³-hybridized carbons (Fsp3) is 0.125. The second-order valence-corrected chi connectivity index (χ2v) is 2.47. The summed E-state index contributed by atoms with van der Waals surface area (Å²) in [6.45, 7) is 1.77. The first kappa shape index (κ1) is 8.55. The Morgan fingerprint density at radius 2 is 2.33 bits per heavy atom. The van der Waals surface area contributed by atoms with Crippen molar-refractivity contribution in [2.75, 3.05) is 5.01 Å². The van der Waals surface area contributed by atoms with Crippen LogP contribution in [0.2, 0.25) is 0 Å². The number of anilines is 1. The highest BCUT2D eigenvalue weighted by Crippen LogP contribution is 2.04. The maximum absolute atomic E-state index is 5.61. The Hall–Kier alpha value is -1.55. The number of hydrazine groups is 1. The molecule has 0 saturated carbocycles. The Morgan fingerprint density at radius 3 is 2.83 bits per heavy atom. The molecule has 0 atom stereocenters. The van der Waals surface area contributed by atoms with Crippen LogP contribution in [0.25, 0.3) is 0 Å². The van der Waals surface area contributed by atoms with Crippen molar-refractivity contribution in [2.24, 2.45) is 11.6 Å². The third-order valence-corrected chi connectivity index (χ3v) is 1.26. The minimum absolute atomic E-state index is 0.642. The Labute approximate surface area is 71.5 Å². The van der Waals surface area contributed by atoms with Crippen molar-refractivity contribution in [3.63, 3.8) is 0 Å². The van der Waals surface area contributed by atoms with E-state index in [-0.39, 0.29) is 0 Å². The zero-order chi connectivity index (χ0) is 8.97. The van der Waals surface area contributed by atoms with Gasteiger partial charge in [-0.25, -0.2) is 10.8 Å². The summed E-state index contributed by atoms with van der Waals surface area (Å²) in [6, 6.07) is 5.50. The molecule has 64 valence electrons. The topological polar surface area (TPSA) is 68.2 Å². The summed E-state index contributed by atoms with van der Waals surface area (Å²) in [5, 5.41) is 1.38. The van der Waals surface area contributed by atoms with Gasteiger partial charge in [0.05, 0.1) is 0 Å². The second-order valence-electron chi connectivity index (χ2n) is 2.47. The number of hydrogen-bond acceptors (Lipinski definition) is 4. The van der Waals surface area contributed by atoms with Crippen molar-refractivity contribution < 1.29 is 0 Å². The minimum Gasteiger partial charge on any atom is -0.401 e. The second kappa shape index (κ2) is 3.73. The van der Waals surface area contributed by atoms with Gasteiger partial charge >= 0.3 is 0 Å². The molecule has 1 heterocycles. The molecule has 0 bridgehead atoms. The largest absolute Gasteiger partial charge is 0.401 e. The van der Waals surface area contributed by atoms with Crippen molar-refractivity contribution in [3.05, 3.63) is 36.3 Å². The van der Waals surface area contributed by atoms with Crippen LogP contribution in [0, 0.1) is 0 Å². The van der Waals surface area contributed by atoms with Crippen LogP contribution < -0.4 is 16.6 Å². The monoisotopic (exact) mass is 164 g/mol. The summed E-state index contributed by atoms with van der Waals surface area (Å²) < 4.78 is 0. The molecule has 0 radical (unpaired) electrons. The molecule has 1 aromatic rings. The van der Waals surface area contributed by atoms with Gasteiger partial charge in [-0.1, -0.05) is 6.07 Å². The SMILES string of the molecule is C/C(N)=C/N(N)c1ccccn1. The Kier molecular flexibility index (Phi) is 2.66. The molecule has 0 spiro atoms. The van der Waals surface area contributed by atoms with Gasteiger partial charge in [0.15, 0.2) is 0 Å². The Morgan fingerprint density at radius 1 is 1.58 bits per heavy atom. The number of rotatable bonds is 2. The van der Waals surface area contributed by atoms with Crippen LogP contribution in [0.1, 0.15) is 6.92 Å². The van der Waals surface area contributed by atoms with Gasteiger partial charge in [0.25, 0.3) is 0 Å². The molecule has 0 aliphatic carbocycles. The normalized spacial score (nSPS) is 11.3. The zero-order valence-corrected chi connectivity index (χ0v) is 6.94. The van der Waals surface area contributed by atoms with Gasteiger partial charge in [0.1, 0.15) is 5.82 Å². The summed E-state index contributed by atoms with van der Waals surface area (Å²) in [6.07, 6.45) is 3.29. The Balaban J connectivity index is 2.79. The van der Waals surface area contributed by atoms with E-state index in [2.05, 4.69) is 4.98 Å². The number of nitrogens with zero attached hydrogens (tertiary/aromatic N) is 2. The summed E-state index contributed by atoms with van der Waals surface area (Å²) in [5.41, 5.74) is 6.08. The highest BCUT2D eigenvalue weighted by molar-refractivity contribution is 5.39. The molecule has 0 aliphatic rings. The highest BCUT2D eigenvalue weighted by atomic mass is 15.4. The van der Waals surface area contributed by atoms with Gasteiger partial charge < -0.3 is 5.73 Å². The predicted molar refractivity (Wildman–Crippen MR) is 48.8 cm³/mol. The van der Waals surface area contributed by atoms with Crippen LogP contribution in [0.15, 0.2) is 36.3 Å². The van der Waals surface area contributed by atoms with Crippen LogP contribution in [-0.4, -0.2) is 4.98 Å². The van der Waals surface area contributed by atoms with Crippen molar-refractivity contribution in [2.45, 2.75) is 6.92 Å². The van der Waals surface area contributed by atoms with E-state index in [9.17, 15) is 0 Å². The average Bonchev–Trinajstić information content (AvgIpc) is 2.05. The summed E-state index contributed by atoms with van der Waals surface area (Å²) in [5.74, 6) is 6.28. The van der Waals surface area contributed by atoms with E-state index in [4.69, 9.17) is 11.6 Å². The lowest BCUT2D eigenvalue weighted by atomic mass is 10.4. The van der Waals surface area contributed by atoms with Crippen molar-refractivity contribution >= 4 is 5.82 Å². The lowest BCUT2D eigenvalue weighted by Gasteiger charge is -2.11.